The summed E-state index contributed by atoms with van der Waals surface area (Å²) >= 11 is 1.68. The molecule has 0 fully saturated rings. The summed E-state index contributed by atoms with van der Waals surface area (Å²) in [5.74, 6) is 0.0159. The number of carbonyl (C=O) groups excluding carboxylic acids is 1. The lowest BCUT2D eigenvalue weighted by Gasteiger charge is -2.14. The van der Waals surface area contributed by atoms with Gasteiger partial charge in [-0.1, -0.05) is 11.6 Å². The van der Waals surface area contributed by atoms with E-state index >= 15 is 0 Å². The average molecular weight is 276 g/mol. The molecule has 1 heterocycles. The molecule has 3 nitrogen and oxygen atoms in total. The lowest BCUT2D eigenvalue weighted by atomic mass is 10.1. The molecule has 1 aliphatic rings. The van der Waals surface area contributed by atoms with Crippen molar-refractivity contribution < 1.29 is 4.79 Å². The summed E-state index contributed by atoms with van der Waals surface area (Å²) in [4.78, 5) is 13.1. The monoisotopic (exact) mass is 276 g/mol. The molecule has 1 amide bonds. The minimum atomic E-state index is 0.0159. The van der Waals surface area contributed by atoms with Crippen molar-refractivity contribution in [3.05, 3.63) is 41.5 Å². The highest BCUT2D eigenvalue weighted by molar-refractivity contribution is 7.98. The standard InChI is InChI=1S/C15H20N2OS/c1-19-14-4-2-13(3-5-14)15(18)17-11-8-12-6-9-16-10-7-12/h2-6,16H,7-11H2,1H3,(H,17,18). The van der Waals surface area contributed by atoms with E-state index in [0.29, 0.717) is 0 Å². The van der Waals surface area contributed by atoms with Gasteiger partial charge in [0, 0.05) is 23.5 Å². The van der Waals surface area contributed by atoms with Crippen molar-refractivity contribution in [2.24, 2.45) is 0 Å². The second-order valence-electron chi connectivity index (χ2n) is 4.55. The van der Waals surface area contributed by atoms with Gasteiger partial charge in [-0.25, -0.2) is 0 Å². The molecule has 1 aliphatic heterocycles. The van der Waals surface area contributed by atoms with Crippen LogP contribution in [0.1, 0.15) is 23.2 Å². The van der Waals surface area contributed by atoms with Gasteiger partial charge in [-0.15, -0.1) is 11.8 Å². The van der Waals surface area contributed by atoms with Gasteiger partial charge >= 0.3 is 0 Å². The van der Waals surface area contributed by atoms with Crippen LogP contribution < -0.4 is 10.6 Å². The highest BCUT2D eigenvalue weighted by Gasteiger charge is 2.06. The van der Waals surface area contributed by atoms with Crippen LogP contribution in [0.3, 0.4) is 0 Å². The number of hydrogen-bond donors (Lipinski definition) is 2. The Morgan fingerprint density at radius 1 is 1.37 bits per heavy atom. The third-order valence-corrected chi connectivity index (χ3v) is 3.99. The molecule has 0 aliphatic carbocycles. The van der Waals surface area contributed by atoms with Gasteiger partial charge in [0.1, 0.15) is 0 Å². The maximum atomic E-state index is 11.9. The number of benzene rings is 1. The third-order valence-electron chi connectivity index (χ3n) is 3.24. The van der Waals surface area contributed by atoms with Gasteiger partial charge in [-0.3, -0.25) is 4.79 Å². The van der Waals surface area contributed by atoms with Gasteiger partial charge < -0.3 is 10.6 Å². The Kier molecular flexibility index (Phi) is 5.48. The van der Waals surface area contributed by atoms with E-state index in [4.69, 9.17) is 0 Å². The summed E-state index contributed by atoms with van der Waals surface area (Å²) in [7, 11) is 0. The number of nitrogens with one attached hydrogen (secondary N) is 2. The molecule has 1 aromatic carbocycles. The Morgan fingerprint density at radius 3 is 2.79 bits per heavy atom. The largest absolute Gasteiger partial charge is 0.352 e. The van der Waals surface area contributed by atoms with E-state index in [1.54, 1.807) is 11.8 Å². The van der Waals surface area contributed by atoms with Crippen LogP contribution in [0.5, 0.6) is 0 Å². The fourth-order valence-electron chi connectivity index (χ4n) is 2.08. The maximum absolute atomic E-state index is 11.9. The summed E-state index contributed by atoms with van der Waals surface area (Å²) in [6.45, 7) is 2.73. The summed E-state index contributed by atoms with van der Waals surface area (Å²) < 4.78 is 0. The van der Waals surface area contributed by atoms with Gasteiger partial charge in [0.05, 0.1) is 0 Å². The minimum absolute atomic E-state index is 0.0159. The number of amides is 1. The van der Waals surface area contributed by atoms with Gasteiger partial charge in [0.15, 0.2) is 0 Å². The molecule has 0 spiro atoms. The Hall–Kier alpha value is -1.26. The highest BCUT2D eigenvalue weighted by atomic mass is 32.2. The molecule has 102 valence electrons. The van der Waals surface area contributed by atoms with Crippen molar-refractivity contribution in [1.29, 1.82) is 0 Å². The quantitative estimate of drug-likeness (QED) is 0.641. The summed E-state index contributed by atoms with van der Waals surface area (Å²) in [6.07, 6.45) is 6.30. The van der Waals surface area contributed by atoms with Crippen molar-refractivity contribution in [1.82, 2.24) is 10.6 Å². The van der Waals surface area contributed by atoms with Crippen molar-refractivity contribution in [3.63, 3.8) is 0 Å². The van der Waals surface area contributed by atoms with Crippen molar-refractivity contribution >= 4 is 17.7 Å². The van der Waals surface area contributed by atoms with E-state index in [1.807, 2.05) is 30.5 Å². The van der Waals surface area contributed by atoms with E-state index < -0.39 is 0 Å². The number of rotatable bonds is 5. The zero-order chi connectivity index (χ0) is 13.5. The molecule has 0 atom stereocenters. The van der Waals surface area contributed by atoms with Gasteiger partial charge in [-0.05, 0) is 49.9 Å². The van der Waals surface area contributed by atoms with Crippen molar-refractivity contribution in [3.8, 4) is 0 Å². The minimum Gasteiger partial charge on any atom is -0.352 e. The fraction of sp³-hybridized carbons (Fsp3) is 0.400. The normalized spacial score (nSPS) is 14.9. The van der Waals surface area contributed by atoms with Crippen LogP contribution in [0.25, 0.3) is 0 Å². The summed E-state index contributed by atoms with van der Waals surface area (Å²) in [5, 5.41) is 6.26. The summed E-state index contributed by atoms with van der Waals surface area (Å²) in [5.41, 5.74) is 2.17. The Labute approximate surface area is 118 Å². The molecule has 0 aromatic heterocycles. The molecule has 2 rings (SSSR count). The number of thioether (sulfide) groups is 1. The molecule has 0 bridgehead atoms. The fourth-order valence-corrected chi connectivity index (χ4v) is 2.49. The molecule has 0 unspecified atom stereocenters. The van der Waals surface area contributed by atoms with E-state index in [2.05, 4.69) is 16.7 Å². The molecular weight excluding hydrogens is 256 g/mol. The molecular formula is C15H20N2OS. The van der Waals surface area contributed by atoms with Crippen LogP contribution >= 0.6 is 11.8 Å². The van der Waals surface area contributed by atoms with E-state index in [0.717, 1.165) is 38.0 Å². The number of hydrogen-bond acceptors (Lipinski definition) is 3. The van der Waals surface area contributed by atoms with Gasteiger partial charge in [-0.2, -0.15) is 0 Å². The SMILES string of the molecule is CSc1ccc(C(=O)NCCC2=CCNCC2)cc1. The molecule has 2 N–H and O–H groups in total. The predicted octanol–water partition coefficient (Wildman–Crippen LogP) is 2.45. The molecule has 4 heteroatoms. The second kappa shape index (κ2) is 7.36. The zero-order valence-electron chi connectivity index (χ0n) is 11.2. The van der Waals surface area contributed by atoms with E-state index in [-0.39, 0.29) is 5.91 Å². The summed E-state index contributed by atoms with van der Waals surface area (Å²) in [6, 6.07) is 7.72. The molecule has 19 heavy (non-hydrogen) atoms. The molecule has 0 saturated carbocycles. The topological polar surface area (TPSA) is 41.1 Å². The number of carbonyl (C=O) groups is 1. The first kappa shape index (κ1) is 14.2. The molecule has 1 aromatic rings. The predicted molar refractivity (Wildman–Crippen MR) is 80.7 cm³/mol. The Bertz CT molecular complexity index is 454. The smallest absolute Gasteiger partial charge is 0.251 e. The van der Waals surface area contributed by atoms with Crippen LogP contribution in [-0.2, 0) is 0 Å². The van der Waals surface area contributed by atoms with E-state index in [1.165, 1.54) is 10.5 Å². The Morgan fingerprint density at radius 2 is 2.16 bits per heavy atom. The average Bonchev–Trinajstić information content (AvgIpc) is 2.48. The Balaban J connectivity index is 1.78. The van der Waals surface area contributed by atoms with Crippen LogP contribution in [0.15, 0.2) is 40.8 Å². The van der Waals surface area contributed by atoms with Gasteiger partial charge in [0.2, 0.25) is 0 Å². The lowest BCUT2D eigenvalue weighted by molar-refractivity contribution is 0.0954. The lowest BCUT2D eigenvalue weighted by Crippen LogP contribution is -2.26. The first-order valence-corrected chi connectivity index (χ1v) is 7.83. The molecule has 0 saturated heterocycles. The van der Waals surface area contributed by atoms with Crippen LogP contribution in [-0.4, -0.2) is 31.8 Å². The van der Waals surface area contributed by atoms with Crippen LogP contribution in [0.2, 0.25) is 0 Å². The highest BCUT2D eigenvalue weighted by Crippen LogP contribution is 2.15. The first-order chi connectivity index (χ1) is 9.29. The van der Waals surface area contributed by atoms with E-state index in [9.17, 15) is 4.79 Å². The van der Waals surface area contributed by atoms with Gasteiger partial charge in [0.25, 0.3) is 5.91 Å². The van der Waals surface area contributed by atoms with Crippen molar-refractivity contribution in [2.45, 2.75) is 17.7 Å². The van der Waals surface area contributed by atoms with Crippen LogP contribution in [0.4, 0.5) is 0 Å². The first-order valence-electron chi connectivity index (χ1n) is 6.60. The second-order valence-corrected chi connectivity index (χ2v) is 5.43. The maximum Gasteiger partial charge on any atom is 0.251 e. The molecule has 0 radical (unpaired) electrons. The van der Waals surface area contributed by atoms with Crippen LogP contribution in [0, 0.1) is 0 Å². The zero-order valence-corrected chi connectivity index (χ0v) is 12.1. The van der Waals surface area contributed by atoms with Crippen molar-refractivity contribution in [2.75, 3.05) is 25.9 Å². The third kappa shape index (κ3) is 4.40.